The van der Waals surface area contributed by atoms with Crippen LogP contribution in [0.5, 0.6) is 0 Å². The van der Waals surface area contributed by atoms with E-state index in [1.54, 1.807) is 17.4 Å². The van der Waals surface area contributed by atoms with Gasteiger partial charge in [-0.3, -0.25) is 0 Å². The molecule has 0 saturated carbocycles. The largest absolute Gasteiger partial charge is 0.397 e. The molecule has 3 nitrogen and oxygen atoms in total. The first-order chi connectivity index (χ1) is 8.06. The molecule has 0 aliphatic carbocycles. The van der Waals surface area contributed by atoms with Crippen molar-refractivity contribution in [3.05, 3.63) is 39.3 Å². The minimum atomic E-state index is 0.657. The van der Waals surface area contributed by atoms with Crippen molar-refractivity contribution in [1.82, 2.24) is 4.98 Å². The molecule has 0 aliphatic heterocycles. The Labute approximate surface area is 110 Å². The van der Waals surface area contributed by atoms with Crippen molar-refractivity contribution >= 4 is 34.3 Å². The molecule has 2 rings (SSSR count). The van der Waals surface area contributed by atoms with Crippen LogP contribution in [-0.4, -0.2) is 12.0 Å². The highest BCUT2D eigenvalue weighted by molar-refractivity contribution is 7.09. The standard InChI is InChI=1S/C12H14ClN3S/c1-8-15-10(7-17-8)6-16(2)12-4-3-9(13)5-11(12)14/h3-5,7H,6,14H2,1-2H3. The molecular weight excluding hydrogens is 254 g/mol. The highest BCUT2D eigenvalue weighted by atomic mass is 35.5. The van der Waals surface area contributed by atoms with Gasteiger partial charge in [0, 0.05) is 17.5 Å². The number of anilines is 2. The van der Waals surface area contributed by atoms with E-state index in [-0.39, 0.29) is 0 Å². The maximum absolute atomic E-state index is 5.94. The Bertz CT molecular complexity index is 524. The molecule has 1 aromatic carbocycles. The lowest BCUT2D eigenvalue weighted by molar-refractivity contribution is 0.892. The minimum absolute atomic E-state index is 0.657. The van der Waals surface area contributed by atoms with Crippen LogP contribution in [0.4, 0.5) is 11.4 Å². The van der Waals surface area contributed by atoms with E-state index in [9.17, 15) is 0 Å². The Morgan fingerprint density at radius 3 is 2.82 bits per heavy atom. The fraction of sp³-hybridized carbons (Fsp3) is 0.250. The van der Waals surface area contributed by atoms with Crippen LogP contribution >= 0.6 is 22.9 Å². The van der Waals surface area contributed by atoms with E-state index in [4.69, 9.17) is 17.3 Å². The number of nitrogens with zero attached hydrogens (tertiary/aromatic N) is 2. The minimum Gasteiger partial charge on any atom is -0.397 e. The molecule has 0 atom stereocenters. The van der Waals surface area contributed by atoms with E-state index in [1.807, 2.05) is 26.1 Å². The monoisotopic (exact) mass is 267 g/mol. The Balaban J connectivity index is 2.17. The number of nitrogens with two attached hydrogens (primary N) is 1. The summed E-state index contributed by atoms with van der Waals surface area (Å²) < 4.78 is 0. The first-order valence-electron chi connectivity index (χ1n) is 5.23. The molecule has 0 amide bonds. The summed E-state index contributed by atoms with van der Waals surface area (Å²) in [4.78, 5) is 6.50. The zero-order valence-corrected chi connectivity index (χ0v) is 11.3. The van der Waals surface area contributed by atoms with Gasteiger partial charge >= 0.3 is 0 Å². The van der Waals surface area contributed by atoms with Crippen LogP contribution in [0.1, 0.15) is 10.7 Å². The number of benzene rings is 1. The molecule has 0 radical (unpaired) electrons. The zero-order chi connectivity index (χ0) is 12.4. The SMILES string of the molecule is Cc1nc(CN(C)c2ccc(Cl)cc2N)cs1. The van der Waals surface area contributed by atoms with Crippen molar-refractivity contribution in [3.8, 4) is 0 Å². The van der Waals surface area contributed by atoms with Crippen LogP contribution < -0.4 is 10.6 Å². The number of nitrogen functional groups attached to an aromatic ring is 1. The topological polar surface area (TPSA) is 42.2 Å². The lowest BCUT2D eigenvalue weighted by Gasteiger charge is -2.20. The van der Waals surface area contributed by atoms with E-state index in [2.05, 4.69) is 15.3 Å². The summed E-state index contributed by atoms with van der Waals surface area (Å²) in [5, 5.41) is 3.81. The van der Waals surface area contributed by atoms with Gasteiger partial charge in [-0.25, -0.2) is 4.98 Å². The van der Waals surface area contributed by atoms with Crippen LogP contribution in [0.2, 0.25) is 5.02 Å². The lowest BCUT2D eigenvalue weighted by Crippen LogP contribution is -2.17. The second kappa shape index (κ2) is 4.94. The highest BCUT2D eigenvalue weighted by Crippen LogP contribution is 2.26. The number of hydrogen-bond donors (Lipinski definition) is 1. The van der Waals surface area contributed by atoms with Crippen molar-refractivity contribution in [3.63, 3.8) is 0 Å². The van der Waals surface area contributed by atoms with Crippen LogP contribution in [-0.2, 0) is 6.54 Å². The van der Waals surface area contributed by atoms with Gasteiger partial charge < -0.3 is 10.6 Å². The molecule has 0 unspecified atom stereocenters. The van der Waals surface area contributed by atoms with Gasteiger partial charge in [0.1, 0.15) is 0 Å². The normalized spacial score (nSPS) is 10.5. The van der Waals surface area contributed by atoms with Crippen molar-refractivity contribution in [2.24, 2.45) is 0 Å². The summed E-state index contributed by atoms with van der Waals surface area (Å²) in [7, 11) is 1.99. The zero-order valence-electron chi connectivity index (χ0n) is 9.77. The van der Waals surface area contributed by atoms with Gasteiger partial charge in [0.2, 0.25) is 0 Å². The smallest absolute Gasteiger partial charge is 0.0898 e. The van der Waals surface area contributed by atoms with Crippen molar-refractivity contribution < 1.29 is 0 Å². The Morgan fingerprint density at radius 1 is 1.47 bits per heavy atom. The molecule has 17 heavy (non-hydrogen) atoms. The molecule has 0 fully saturated rings. The summed E-state index contributed by atoms with van der Waals surface area (Å²) in [5.41, 5.74) is 8.66. The van der Waals surface area contributed by atoms with E-state index in [1.165, 1.54) is 0 Å². The van der Waals surface area contributed by atoms with Crippen LogP contribution in [0.15, 0.2) is 23.6 Å². The van der Waals surface area contributed by atoms with Gasteiger partial charge in [-0.2, -0.15) is 0 Å². The van der Waals surface area contributed by atoms with Crippen molar-refractivity contribution in [2.75, 3.05) is 17.7 Å². The number of halogens is 1. The third-order valence-electron chi connectivity index (χ3n) is 2.47. The third-order valence-corrected chi connectivity index (χ3v) is 3.52. The molecular formula is C12H14ClN3S. The fourth-order valence-electron chi connectivity index (χ4n) is 1.68. The molecule has 0 bridgehead atoms. The Hall–Kier alpha value is -1.26. The molecule has 5 heteroatoms. The van der Waals surface area contributed by atoms with Crippen LogP contribution in [0.25, 0.3) is 0 Å². The maximum atomic E-state index is 5.94. The quantitative estimate of drug-likeness (QED) is 0.868. The van der Waals surface area contributed by atoms with Gasteiger partial charge in [0.15, 0.2) is 0 Å². The summed E-state index contributed by atoms with van der Waals surface area (Å²) in [6.07, 6.45) is 0. The first kappa shape index (κ1) is 12.2. The molecule has 90 valence electrons. The molecule has 2 N–H and O–H groups in total. The number of rotatable bonds is 3. The van der Waals surface area contributed by atoms with Gasteiger partial charge in [-0.15, -0.1) is 11.3 Å². The van der Waals surface area contributed by atoms with E-state index >= 15 is 0 Å². The summed E-state index contributed by atoms with van der Waals surface area (Å²) in [5.74, 6) is 0. The summed E-state index contributed by atoms with van der Waals surface area (Å²) in [6, 6.07) is 5.53. The molecule has 0 spiro atoms. The third kappa shape index (κ3) is 2.90. The van der Waals surface area contributed by atoms with E-state index in [0.29, 0.717) is 10.7 Å². The second-order valence-electron chi connectivity index (χ2n) is 3.92. The first-order valence-corrected chi connectivity index (χ1v) is 6.49. The average Bonchev–Trinajstić information content (AvgIpc) is 2.63. The number of hydrogen-bond acceptors (Lipinski definition) is 4. The van der Waals surface area contributed by atoms with E-state index in [0.717, 1.165) is 22.9 Å². The van der Waals surface area contributed by atoms with E-state index < -0.39 is 0 Å². The maximum Gasteiger partial charge on any atom is 0.0898 e. The average molecular weight is 268 g/mol. The Kier molecular flexibility index (Phi) is 3.54. The number of aromatic nitrogens is 1. The second-order valence-corrected chi connectivity index (χ2v) is 5.42. The molecule has 0 aliphatic rings. The van der Waals surface area contributed by atoms with Gasteiger partial charge in [0.25, 0.3) is 0 Å². The number of aryl methyl sites for hydroxylation is 1. The molecule has 2 aromatic rings. The summed E-state index contributed by atoms with van der Waals surface area (Å²) in [6.45, 7) is 2.75. The molecule has 1 heterocycles. The van der Waals surface area contributed by atoms with Gasteiger partial charge in [-0.1, -0.05) is 11.6 Å². The number of thiazole rings is 1. The predicted molar refractivity (Wildman–Crippen MR) is 74.8 cm³/mol. The predicted octanol–water partition coefficient (Wildman–Crippen LogP) is 3.32. The van der Waals surface area contributed by atoms with Crippen molar-refractivity contribution in [2.45, 2.75) is 13.5 Å². The fourth-order valence-corrected chi connectivity index (χ4v) is 2.47. The van der Waals surface area contributed by atoms with Crippen molar-refractivity contribution in [1.29, 1.82) is 0 Å². The lowest BCUT2D eigenvalue weighted by atomic mass is 10.2. The van der Waals surface area contributed by atoms with Gasteiger partial charge in [0.05, 0.1) is 28.6 Å². The Morgan fingerprint density at radius 2 is 2.24 bits per heavy atom. The van der Waals surface area contributed by atoms with Gasteiger partial charge in [-0.05, 0) is 25.1 Å². The molecule has 0 saturated heterocycles. The highest BCUT2D eigenvalue weighted by Gasteiger charge is 2.08. The summed E-state index contributed by atoms with van der Waals surface area (Å²) >= 11 is 7.53. The molecule has 1 aromatic heterocycles. The van der Waals surface area contributed by atoms with Crippen LogP contribution in [0, 0.1) is 6.92 Å². The van der Waals surface area contributed by atoms with Crippen LogP contribution in [0.3, 0.4) is 0 Å².